The number of hydrogen-bond acceptors (Lipinski definition) is 4. The Kier molecular flexibility index (Phi) is 5.09. The van der Waals surface area contributed by atoms with Crippen molar-refractivity contribution in [2.24, 2.45) is 5.41 Å². The minimum atomic E-state index is -1.06. The lowest BCUT2D eigenvalue weighted by Gasteiger charge is -2.34. The van der Waals surface area contributed by atoms with E-state index in [9.17, 15) is 19.8 Å². The van der Waals surface area contributed by atoms with Gasteiger partial charge in [-0.2, -0.15) is 0 Å². The van der Waals surface area contributed by atoms with Gasteiger partial charge in [-0.1, -0.05) is 26.8 Å². The molecular weight excluding hydrogens is 322 g/mol. The van der Waals surface area contributed by atoms with Gasteiger partial charge in [0.15, 0.2) is 0 Å². The molecule has 1 aromatic rings. The fourth-order valence-electron chi connectivity index (χ4n) is 3.06. The number of carboxylic acids is 1. The fraction of sp³-hybridized carbons (Fsp3) is 0.611. The minimum Gasteiger partial charge on any atom is -0.480 e. The molecule has 2 amide bonds. The summed E-state index contributed by atoms with van der Waals surface area (Å²) in [6, 6.07) is 4.16. The van der Waals surface area contributed by atoms with Gasteiger partial charge in [0, 0.05) is 13.1 Å². The molecule has 1 aromatic heterocycles. The number of rotatable bonds is 5. The van der Waals surface area contributed by atoms with Crippen molar-refractivity contribution >= 4 is 12.0 Å². The number of carbonyl (C=O) groups is 2. The van der Waals surface area contributed by atoms with Crippen LogP contribution in [0.2, 0.25) is 0 Å². The van der Waals surface area contributed by atoms with Gasteiger partial charge in [0.1, 0.15) is 11.6 Å². The monoisotopic (exact) mass is 349 g/mol. The third-order valence-electron chi connectivity index (χ3n) is 4.28. The number of carbonyl (C=O) groups excluding carboxylic acids is 1. The molecule has 0 spiro atoms. The number of amides is 2. The molecular formula is C18H27N3O4. The van der Waals surface area contributed by atoms with Gasteiger partial charge in [-0.05, 0) is 31.4 Å². The van der Waals surface area contributed by atoms with Crippen LogP contribution in [-0.2, 0) is 16.9 Å². The summed E-state index contributed by atoms with van der Waals surface area (Å²) in [6.07, 6.45) is 0. The van der Waals surface area contributed by atoms with Crippen LogP contribution in [0.25, 0.3) is 0 Å². The topological polar surface area (TPSA) is 94.0 Å². The van der Waals surface area contributed by atoms with Gasteiger partial charge in [0.05, 0.1) is 17.9 Å². The lowest BCUT2D eigenvalue weighted by molar-refractivity contribution is -0.145. The highest BCUT2D eigenvalue weighted by molar-refractivity contribution is 5.84. The molecule has 138 valence electrons. The van der Waals surface area contributed by atoms with Crippen LogP contribution < -0.4 is 0 Å². The van der Waals surface area contributed by atoms with Crippen molar-refractivity contribution in [2.75, 3.05) is 13.1 Å². The molecule has 2 N–H and O–H groups in total. The molecule has 1 aliphatic rings. The average Bonchev–Trinajstić information content (AvgIpc) is 2.78. The van der Waals surface area contributed by atoms with Crippen molar-refractivity contribution in [3.63, 3.8) is 0 Å². The van der Waals surface area contributed by atoms with Crippen LogP contribution in [0.5, 0.6) is 0 Å². The Bertz CT molecular complexity index is 661. The Balaban J connectivity index is 2.16. The first-order valence-electron chi connectivity index (χ1n) is 8.38. The van der Waals surface area contributed by atoms with Gasteiger partial charge in [-0.3, -0.25) is 4.98 Å². The molecule has 7 nitrogen and oxygen atoms in total. The Labute approximate surface area is 148 Å². The van der Waals surface area contributed by atoms with Gasteiger partial charge in [0.2, 0.25) is 0 Å². The van der Waals surface area contributed by atoms with E-state index < -0.39 is 23.0 Å². The zero-order valence-electron chi connectivity index (χ0n) is 15.5. The molecule has 2 rings (SSSR count). The van der Waals surface area contributed by atoms with Crippen molar-refractivity contribution < 1.29 is 19.8 Å². The van der Waals surface area contributed by atoms with E-state index in [2.05, 4.69) is 4.98 Å². The zero-order chi connectivity index (χ0) is 19.0. The average molecular weight is 349 g/mol. The fourth-order valence-corrected chi connectivity index (χ4v) is 3.06. The van der Waals surface area contributed by atoms with E-state index in [1.54, 1.807) is 36.9 Å². The lowest BCUT2D eigenvalue weighted by Crippen LogP contribution is -2.51. The third-order valence-corrected chi connectivity index (χ3v) is 4.28. The second-order valence-electron chi connectivity index (χ2n) is 8.08. The van der Waals surface area contributed by atoms with Crippen LogP contribution in [-0.4, -0.2) is 56.1 Å². The molecule has 0 aromatic carbocycles. The Hall–Kier alpha value is -2.15. The van der Waals surface area contributed by atoms with Crippen LogP contribution in [0, 0.1) is 5.41 Å². The number of aliphatic hydroxyl groups is 1. The highest BCUT2D eigenvalue weighted by Gasteiger charge is 2.43. The van der Waals surface area contributed by atoms with Crippen LogP contribution >= 0.6 is 0 Å². The van der Waals surface area contributed by atoms with Crippen LogP contribution in [0.1, 0.15) is 46.0 Å². The molecule has 0 aliphatic carbocycles. The summed E-state index contributed by atoms with van der Waals surface area (Å²) in [5.74, 6) is -0.996. The number of aliphatic carboxylic acids is 1. The number of aromatic nitrogens is 1. The highest BCUT2D eigenvalue weighted by atomic mass is 16.4. The van der Waals surface area contributed by atoms with Gasteiger partial charge < -0.3 is 20.0 Å². The minimum absolute atomic E-state index is 0.287. The molecule has 0 bridgehead atoms. The summed E-state index contributed by atoms with van der Waals surface area (Å²) in [7, 11) is 0. The predicted molar refractivity (Wildman–Crippen MR) is 92.9 cm³/mol. The van der Waals surface area contributed by atoms with Crippen molar-refractivity contribution in [2.45, 2.75) is 52.8 Å². The van der Waals surface area contributed by atoms with E-state index >= 15 is 0 Å². The summed E-state index contributed by atoms with van der Waals surface area (Å²) in [5.41, 5.74) is -0.419. The van der Waals surface area contributed by atoms with Crippen LogP contribution in [0.4, 0.5) is 4.79 Å². The molecule has 25 heavy (non-hydrogen) atoms. The number of hydrogen-bond donors (Lipinski definition) is 2. The predicted octanol–water partition coefficient (Wildman–Crippen LogP) is 2.05. The Morgan fingerprint density at radius 3 is 2.40 bits per heavy atom. The second kappa shape index (κ2) is 6.63. The quantitative estimate of drug-likeness (QED) is 0.848. The first-order chi connectivity index (χ1) is 11.4. The largest absolute Gasteiger partial charge is 0.480 e. The van der Waals surface area contributed by atoms with Gasteiger partial charge in [-0.15, -0.1) is 0 Å². The molecule has 2 heterocycles. The molecule has 1 saturated heterocycles. The van der Waals surface area contributed by atoms with Crippen molar-refractivity contribution in [1.82, 2.24) is 14.8 Å². The first-order valence-corrected chi connectivity index (χ1v) is 8.38. The van der Waals surface area contributed by atoms with E-state index in [0.29, 0.717) is 24.5 Å². The first kappa shape index (κ1) is 19.2. The molecule has 0 saturated carbocycles. The van der Waals surface area contributed by atoms with Gasteiger partial charge in [-0.25, -0.2) is 9.59 Å². The van der Waals surface area contributed by atoms with Crippen LogP contribution in [0.15, 0.2) is 18.2 Å². The number of urea groups is 1. The summed E-state index contributed by atoms with van der Waals surface area (Å²) in [5, 5.41) is 19.6. The standard InChI is InChI=1S/C18H27N3O4/c1-17(2,3)14(15(22)23)21-10-9-20(16(21)24)11-12-7-6-8-13(19-12)18(4,5)25/h6-8,14,25H,9-11H2,1-5H3,(H,22,23)/t14-/m1/s1. The SMILES string of the molecule is CC(C)(O)c1cccc(CN2CCN([C@H](C(=O)O)C(C)(C)C)C2=O)n1. The molecule has 0 unspecified atom stereocenters. The summed E-state index contributed by atoms with van der Waals surface area (Å²) >= 11 is 0. The maximum absolute atomic E-state index is 12.7. The normalized spacial score (nSPS) is 17.1. The van der Waals surface area contributed by atoms with Crippen molar-refractivity contribution in [3.8, 4) is 0 Å². The maximum atomic E-state index is 12.7. The molecule has 1 aliphatic heterocycles. The highest BCUT2D eigenvalue weighted by Crippen LogP contribution is 2.28. The summed E-state index contributed by atoms with van der Waals surface area (Å²) in [4.78, 5) is 31.8. The van der Waals surface area contributed by atoms with Crippen molar-refractivity contribution in [1.29, 1.82) is 0 Å². The molecule has 7 heteroatoms. The Morgan fingerprint density at radius 2 is 1.88 bits per heavy atom. The molecule has 1 atom stereocenters. The van der Waals surface area contributed by atoms with Gasteiger partial charge in [0.25, 0.3) is 0 Å². The third kappa shape index (κ3) is 4.28. The second-order valence-corrected chi connectivity index (χ2v) is 8.08. The Morgan fingerprint density at radius 1 is 1.24 bits per heavy atom. The van der Waals surface area contributed by atoms with E-state index in [1.165, 1.54) is 4.90 Å². The van der Waals surface area contributed by atoms with E-state index in [-0.39, 0.29) is 12.6 Å². The number of pyridine rings is 1. The smallest absolute Gasteiger partial charge is 0.327 e. The van der Waals surface area contributed by atoms with E-state index in [4.69, 9.17) is 0 Å². The molecule has 0 radical (unpaired) electrons. The maximum Gasteiger partial charge on any atom is 0.327 e. The molecule has 1 fully saturated rings. The lowest BCUT2D eigenvalue weighted by atomic mass is 9.86. The van der Waals surface area contributed by atoms with Gasteiger partial charge >= 0.3 is 12.0 Å². The van der Waals surface area contributed by atoms with E-state index in [0.717, 1.165) is 0 Å². The number of carboxylic acid groups (broad SMARTS) is 1. The summed E-state index contributed by atoms with van der Waals surface area (Å²) in [6.45, 7) is 9.87. The number of nitrogens with zero attached hydrogens (tertiary/aromatic N) is 3. The van der Waals surface area contributed by atoms with Crippen molar-refractivity contribution in [3.05, 3.63) is 29.6 Å². The zero-order valence-corrected chi connectivity index (χ0v) is 15.5. The van der Waals surface area contributed by atoms with Crippen LogP contribution in [0.3, 0.4) is 0 Å². The summed E-state index contributed by atoms with van der Waals surface area (Å²) < 4.78 is 0. The van der Waals surface area contributed by atoms with E-state index in [1.807, 2.05) is 20.8 Å².